The van der Waals surface area contributed by atoms with E-state index < -0.39 is 5.82 Å². The highest BCUT2D eigenvalue weighted by Crippen LogP contribution is 2.10. The summed E-state index contributed by atoms with van der Waals surface area (Å²) in [5, 5.41) is 12.8. The molecule has 0 unspecified atom stereocenters. The average molecular weight is 272 g/mol. The Morgan fingerprint density at radius 1 is 1.40 bits per heavy atom. The van der Waals surface area contributed by atoms with Crippen molar-refractivity contribution in [3.05, 3.63) is 57.8 Å². The van der Waals surface area contributed by atoms with Gasteiger partial charge in [-0.3, -0.25) is 4.79 Å². The molecule has 0 radical (unpaired) electrons. The number of aromatic nitrogens is 2. The van der Waals surface area contributed by atoms with Gasteiger partial charge in [-0.1, -0.05) is 6.07 Å². The first-order valence-corrected chi connectivity index (χ1v) is 5.94. The summed E-state index contributed by atoms with van der Waals surface area (Å²) < 4.78 is 14.5. The van der Waals surface area contributed by atoms with Gasteiger partial charge in [-0.2, -0.15) is 10.4 Å². The molecule has 0 saturated carbocycles. The minimum absolute atomic E-state index is 0.0412. The Balaban J connectivity index is 2.31. The number of hydrogen-bond donors (Lipinski definition) is 0. The summed E-state index contributed by atoms with van der Waals surface area (Å²) >= 11 is 0. The van der Waals surface area contributed by atoms with Crippen molar-refractivity contribution in [2.75, 3.05) is 19.0 Å². The molecule has 0 N–H and O–H groups in total. The lowest BCUT2D eigenvalue weighted by Crippen LogP contribution is -2.24. The zero-order valence-corrected chi connectivity index (χ0v) is 11.2. The molecule has 5 nitrogen and oxygen atoms in total. The predicted molar refractivity (Wildman–Crippen MR) is 73.0 cm³/mol. The van der Waals surface area contributed by atoms with Gasteiger partial charge < -0.3 is 4.90 Å². The van der Waals surface area contributed by atoms with E-state index in [9.17, 15) is 9.18 Å². The Hall–Kier alpha value is -2.68. The van der Waals surface area contributed by atoms with Crippen molar-refractivity contribution in [3.8, 4) is 6.07 Å². The van der Waals surface area contributed by atoms with E-state index in [-0.39, 0.29) is 17.7 Å². The van der Waals surface area contributed by atoms with Crippen LogP contribution >= 0.6 is 0 Å². The van der Waals surface area contributed by atoms with Crippen molar-refractivity contribution in [1.82, 2.24) is 9.78 Å². The van der Waals surface area contributed by atoms with Crippen LogP contribution in [0.15, 0.2) is 35.3 Å². The highest BCUT2D eigenvalue weighted by Gasteiger charge is 2.06. The van der Waals surface area contributed by atoms with Gasteiger partial charge in [-0.25, -0.2) is 9.07 Å². The molecule has 2 rings (SSSR count). The van der Waals surface area contributed by atoms with Crippen molar-refractivity contribution in [1.29, 1.82) is 5.26 Å². The normalized spacial score (nSPS) is 10.1. The monoisotopic (exact) mass is 272 g/mol. The smallest absolute Gasteiger partial charge is 0.269 e. The summed E-state index contributed by atoms with van der Waals surface area (Å²) in [4.78, 5) is 13.7. The Morgan fingerprint density at radius 2 is 2.15 bits per heavy atom. The molecule has 0 aliphatic rings. The van der Waals surface area contributed by atoms with Crippen LogP contribution in [0.1, 0.15) is 11.1 Å². The van der Waals surface area contributed by atoms with Gasteiger partial charge in [0.25, 0.3) is 5.56 Å². The standard InChI is InChI=1S/C14H13FN4O/c1-18(2)12-6-14(20)19(17-8-12)9-10-3-4-13(15)11(5-10)7-16/h3-6,8H,9H2,1-2H3. The van der Waals surface area contributed by atoms with E-state index in [1.165, 1.54) is 28.9 Å². The van der Waals surface area contributed by atoms with Gasteiger partial charge in [0.05, 0.1) is 24.0 Å². The highest BCUT2D eigenvalue weighted by molar-refractivity contribution is 5.40. The van der Waals surface area contributed by atoms with Crippen LogP contribution in [-0.4, -0.2) is 23.9 Å². The highest BCUT2D eigenvalue weighted by atomic mass is 19.1. The van der Waals surface area contributed by atoms with Gasteiger partial charge in [-0.15, -0.1) is 0 Å². The molecule has 0 fully saturated rings. The van der Waals surface area contributed by atoms with Crippen LogP contribution in [0.4, 0.5) is 10.1 Å². The maximum Gasteiger partial charge on any atom is 0.269 e. The van der Waals surface area contributed by atoms with Crippen LogP contribution in [0, 0.1) is 17.1 Å². The number of nitriles is 1. The number of rotatable bonds is 3. The molecule has 0 spiro atoms. The second-order valence-electron chi connectivity index (χ2n) is 4.53. The molecule has 0 atom stereocenters. The van der Waals surface area contributed by atoms with Gasteiger partial charge in [0.2, 0.25) is 0 Å². The summed E-state index contributed by atoms with van der Waals surface area (Å²) in [6.07, 6.45) is 1.58. The zero-order valence-electron chi connectivity index (χ0n) is 11.2. The maximum absolute atomic E-state index is 13.2. The minimum Gasteiger partial charge on any atom is -0.376 e. The van der Waals surface area contributed by atoms with E-state index in [1.54, 1.807) is 17.2 Å². The fourth-order valence-corrected chi connectivity index (χ4v) is 1.72. The Morgan fingerprint density at radius 3 is 2.75 bits per heavy atom. The predicted octanol–water partition coefficient (Wildman–Crippen LogP) is 1.37. The number of halogens is 1. The van der Waals surface area contributed by atoms with Crippen LogP contribution in [0.5, 0.6) is 0 Å². The van der Waals surface area contributed by atoms with Crippen LogP contribution in [0.25, 0.3) is 0 Å². The SMILES string of the molecule is CN(C)c1cnn(Cc2ccc(F)c(C#N)c2)c(=O)c1. The summed E-state index contributed by atoms with van der Waals surface area (Å²) in [6.45, 7) is 0.196. The molecule has 0 aliphatic carbocycles. The molecule has 2 aromatic rings. The third kappa shape index (κ3) is 2.83. The van der Waals surface area contributed by atoms with Gasteiger partial charge in [0.1, 0.15) is 11.9 Å². The van der Waals surface area contributed by atoms with Crippen molar-refractivity contribution in [3.63, 3.8) is 0 Å². The van der Waals surface area contributed by atoms with Crippen LogP contribution in [0.3, 0.4) is 0 Å². The third-order valence-corrected chi connectivity index (χ3v) is 2.86. The van der Waals surface area contributed by atoms with Crippen molar-refractivity contribution >= 4 is 5.69 Å². The molecule has 0 amide bonds. The molecule has 6 heteroatoms. The molecule has 102 valence electrons. The average Bonchev–Trinajstić information content (AvgIpc) is 2.42. The fraction of sp³-hybridized carbons (Fsp3) is 0.214. The zero-order chi connectivity index (χ0) is 14.7. The summed E-state index contributed by atoms with van der Waals surface area (Å²) in [7, 11) is 3.64. The summed E-state index contributed by atoms with van der Waals surface area (Å²) in [6, 6.07) is 7.41. The lowest BCUT2D eigenvalue weighted by molar-refractivity contribution is 0.615. The van der Waals surface area contributed by atoms with Crippen LogP contribution in [0.2, 0.25) is 0 Å². The van der Waals surface area contributed by atoms with E-state index in [0.29, 0.717) is 11.3 Å². The van der Waals surface area contributed by atoms with Crippen molar-refractivity contribution in [2.45, 2.75) is 6.54 Å². The van der Waals surface area contributed by atoms with Gasteiger partial charge in [0.15, 0.2) is 0 Å². The topological polar surface area (TPSA) is 61.9 Å². The quantitative estimate of drug-likeness (QED) is 0.846. The molecule has 0 bridgehead atoms. The first-order chi connectivity index (χ1) is 9.51. The third-order valence-electron chi connectivity index (χ3n) is 2.86. The Kier molecular flexibility index (Phi) is 3.80. The molecule has 20 heavy (non-hydrogen) atoms. The summed E-state index contributed by atoms with van der Waals surface area (Å²) in [5.41, 5.74) is 1.07. The maximum atomic E-state index is 13.2. The molecule has 1 heterocycles. The van der Waals surface area contributed by atoms with Gasteiger partial charge in [-0.05, 0) is 17.7 Å². The van der Waals surface area contributed by atoms with Gasteiger partial charge >= 0.3 is 0 Å². The van der Waals surface area contributed by atoms with E-state index in [1.807, 2.05) is 14.1 Å². The molecule has 1 aromatic heterocycles. The summed E-state index contributed by atoms with van der Waals surface area (Å²) in [5.74, 6) is -0.570. The van der Waals surface area contributed by atoms with E-state index in [0.717, 1.165) is 0 Å². The fourth-order valence-electron chi connectivity index (χ4n) is 1.72. The number of hydrogen-bond acceptors (Lipinski definition) is 4. The largest absolute Gasteiger partial charge is 0.376 e. The van der Waals surface area contributed by atoms with E-state index in [2.05, 4.69) is 5.10 Å². The second kappa shape index (κ2) is 5.53. The van der Waals surface area contributed by atoms with Crippen molar-refractivity contribution in [2.24, 2.45) is 0 Å². The number of benzene rings is 1. The molecular formula is C14H13FN4O. The van der Waals surface area contributed by atoms with E-state index >= 15 is 0 Å². The molecular weight excluding hydrogens is 259 g/mol. The Bertz CT molecular complexity index is 731. The lowest BCUT2D eigenvalue weighted by atomic mass is 10.1. The van der Waals surface area contributed by atoms with Gasteiger partial charge in [0, 0.05) is 20.2 Å². The second-order valence-corrected chi connectivity index (χ2v) is 4.53. The minimum atomic E-state index is -0.570. The number of anilines is 1. The number of nitrogens with zero attached hydrogens (tertiary/aromatic N) is 4. The van der Waals surface area contributed by atoms with Crippen LogP contribution < -0.4 is 10.5 Å². The van der Waals surface area contributed by atoms with E-state index in [4.69, 9.17) is 5.26 Å². The Labute approximate surface area is 115 Å². The van der Waals surface area contributed by atoms with Crippen LogP contribution in [-0.2, 0) is 6.54 Å². The molecule has 0 aliphatic heterocycles. The lowest BCUT2D eigenvalue weighted by Gasteiger charge is -2.12. The molecule has 1 aromatic carbocycles. The molecule has 0 saturated heterocycles. The first-order valence-electron chi connectivity index (χ1n) is 5.94. The van der Waals surface area contributed by atoms with Crippen molar-refractivity contribution < 1.29 is 4.39 Å². The first kappa shape index (κ1) is 13.7.